The number of methoxy groups -OCH3 is 1. The summed E-state index contributed by atoms with van der Waals surface area (Å²) in [6.45, 7) is 5.41. The molecule has 1 aromatic heterocycles. The first-order valence-corrected chi connectivity index (χ1v) is 11.4. The van der Waals surface area contributed by atoms with Gasteiger partial charge in [0.2, 0.25) is 0 Å². The Morgan fingerprint density at radius 2 is 1.79 bits per heavy atom. The number of rotatable bonds is 6. The summed E-state index contributed by atoms with van der Waals surface area (Å²) in [5, 5.41) is 3.30. The predicted octanol–water partition coefficient (Wildman–Crippen LogP) is 5.20. The average molecular weight is 531 g/mol. The summed E-state index contributed by atoms with van der Waals surface area (Å²) in [4.78, 5) is 37.6. The van der Waals surface area contributed by atoms with Crippen LogP contribution in [0.15, 0.2) is 59.2 Å². The number of nitrogens with one attached hydrogen (secondary N) is 1. The highest BCUT2D eigenvalue weighted by molar-refractivity contribution is 9.10. The number of benzene rings is 2. The van der Waals surface area contributed by atoms with Crippen molar-refractivity contribution in [3.05, 3.63) is 70.3 Å². The highest BCUT2D eigenvalue weighted by Gasteiger charge is 2.26. The summed E-state index contributed by atoms with van der Waals surface area (Å²) < 4.78 is 17.8. The van der Waals surface area contributed by atoms with Crippen molar-refractivity contribution in [2.24, 2.45) is 0 Å². The van der Waals surface area contributed by atoms with Gasteiger partial charge in [0.05, 0.1) is 12.6 Å². The zero-order valence-corrected chi connectivity index (χ0v) is 21.0. The number of alkyl carbamates (subject to hydrolysis) is 1. The van der Waals surface area contributed by atoms with Gasteiger partial charge in [0.1, 0.15) is 18.2 Å². The van der Waals surface area contributed by atoms with Crippen LogP contribution in [0.2, 0.25) is 0 Å². The molecule has 1 heterocycles. The van der Waals surface area contributed by atoms with Crippen molar-refractivity contribution >= 4 is 45.0 Å². The Labute approximate surface area is 206 Å². The van der Waals surface area contributed by atoms with Crippen LogP contribution < -0.4 is 5.32 Å². The van der Waals surface area contributed by atoms with Crippen LogP contribution in [0.4, 0.5) is 9.59 Å². The Hall–Kier alpha value is -3.33. The van der Waals surface area contributed by atoms with E-state index >= 15 is 0 Å². The second kappa shape index (κ2) is 10.7. The van der Waals surface area contributed by atoms with Crippen LogP contribution in [0.1, 0.15) is 31.9 Å². The van der Waals surface area contributed by atoms with Crippen LogP contribution in [-0.4, -0.2) is 41.5 Å². The lowest BCUT2D eigenvalue weighted by Crippen LogP contribution is -2.43. The maximum absolute atomic E-state index is 12.8. The van der Waals surface area contributed by atoms with Gasteiger partial charge < -0.3 is 19.5 Å². The van der Waals surface area contributed by atoms with Crippen molar-refractivity contribution in [3.63, 3.8) is 0 Å². The van der Waals surface area contributed by atoms with Crippen LogP contribution in [0, 0.1) is 0 Å². The number of esters is 1. The molecule has 0 aliphatic heterocycles. The number of hydrogen-bond acceptors (Lipinski definition) is 6. The minimum atomic E-state index is -1.02. The Morgan fingerprint density at radius 1 is 1.09 bits per heavy atom. The van der Waals surface area contributed by atoms with E-state index in [0.29, 0.717) is 11.1 Å². The highest BCUT2D eigenvalue weighted by atomic mass is 79.9. The molecule has 0 bridgehead atoms. The molecule has 9 heteroatoms. The largest absolute Gasteiger partial charge is 0.467 e. The second-order valence-electron chi connectivity index (χ2n) is 8.65. The molecule has 0 radical (unpaired) electrons. The molecule has 0 unspecified atom stereocenters. The Balaban J connectivity index is 1.84. The van der Waals surface area contributed by atoms with Crippen LogP contribution >= 0.6 is 15.9 Å². The third-order valence-electron chi connectivity index (χ3n) is 4.85. The first-order chi connectivity index (χ1) is 16.1. The lowest BCUT2D eigenvalue weighted by Gasteiger charge is -2.19. The van der Waals surface area contributed by atoms with Gasteiger partial charge in [0, 0.05) is 22.5 Å². The van der Waals surface area contributed by atoms with E-state index in [9.17, 15) is 14.4 Å². The van der Waals surface area contributed by atoms with E-state index in [4.69, 9.17) is 14.2 Å². The van der Waals surface area contributed by atoms with Crippen molar-refractivity contribution in [1.82, 2.24) is 9.88 Å². The van der Waals surface area contributed by atoms with E-state index in [1.807, 2.05) is 42.5 Å². The van der Waals surface area contributed by atoms with Gasteiger partial charge >= 0.3 is 18.2 Å². The van der Waals surface area contributed by atoms with Gasteiger partial charge in [-0.25, -0.2) is 14.4 Å². The quantitative estimate of drug-likeness (QED) is 0.347. The molecule has 3 rings (SSSR count). The van der Waals surface area contributed by atoms with Gasteiger partial charge in [-0.1, -0.05) is 46.3 Å². The molecule has 0 spiro atoms. The van der Waals surface area contributed by atoms with E-state index < -0.39 is 29.8 Å². The minimum Gasteiger partial charge on any atom is -0.467 e. The lowest BCUT2D eigenvalue weighted by molar-refractivity contribution is -0.143. The molecular weight excluding hydrogens is 504 g/mol. The van der Waals surface area contributed by atoms with Crippen molar-refractivity contribution in [1.29, 1.82) is 0 Å². The molecule has 0 aliphatic carbocycles. The van der Waals surface area contributed by atoms with Gasteiger partial charge in [-0.05, 0) is 50.1 Å². The van der Waals surface area contributed by atoms with Crippen LogP contribution in [0.3, 0.4) is 0 Å². The third kappa shape index (κ3) is 6.60. The maximum Gasteiger partial charge on any atom is 0.419 e. The van der Waals surface area contributed by atoms with Crippen LogP contribution in [0.25, 0.3) is 10.9 Å². The zero-order chi connectivity index (χ0) is 24.9. The SMILES string of the molecule is COC(=O)[C@H](Cc1cn(C(=O)OC(C)(C)C)c2ccc(Br)cc12)NC(=O)OCc1ccccc1. The molecule has 0 saturated heterocycles. The molecular formula is C25H27BrN2O6. The zero-order valence-electron chi connectivity index (χ0n) is 19.5. The number of nitrogens with zero attached hydrogens (tertiary/aromatic N) is 1. The van der Waals surface area contributed by atoms with E-state index in [1.54, 1.807) is 33.0 Å². The molecule has 1 atom stereocenters. The normalized spacial score (nSPS) is 12.1. The minimum absolute atomic E-state index is 0.0610. The summed E-state index contributed by atoms with van der Waals surface area (Å²) in [6.07, 6.45) is 0.390. The molecule has 34 heavy (non-hydrogen) atoms. The Bertz CT molecular complexity index is 1180. The number of amides is 1. The van der Waals surface area contributed by atoms with Crippen molar-refractivity contribution in [3.8, 4) is 0 Å². The number of aromatic nitrogens is 1. The monoisotopic (exact) mass is 530 g/mol. The lowest BCUT2D eigenvalue weighted by atomic mass is 10.1. The molecule has 0 saturated carbocycles. The highest BCUT2D eigenvalue weighted by Crippen LogP contribution is 2.27. The fourth-order valence-electron chi connectivity index (χ4n) is 3.36. The molecule has 8 nitrogen and oxygen atoms in total. The fourth-order valence-corrected chi connectivity index (χ4v) is 3.72. The predicted molar refractivity (Wildman–Crippen MR) is 131 cm³/mol. The van der Waals surface area contributed by atoms with Crippen molar-refractivity contribution in [2.75, 3.05) is 7.11 Å². The summed E-state index contributed by atoms with van der Waals surface area (Å²) in [6, 6.07) is 13.6. The summed E-state index contributed by atoms with van der Waals surface area (Å²) in [7, 11) is 1.24. The number of halogens is 1. The van der Waals surface area contributed by atoms with Gasteiger partial charge in [-0.15, -0.1) is 0 Å². The van der Waals surface area contributed by atoms with E-state index in [2.05, 4.69) is 21.2 Å². The Kier molecular flexibility index (Phi) is 7.98. The summed E-state index contributed by atoms with van der Waals surface area (Å²) in [5.74, 6) is -0.634. The molecule has 1 amide bonds. The van der Waals surface area contributed by atoms with E-state index in [-0.39, 0.29) is 13.0 Å². The smallest absolute Gasteiger partial charge is 0.419 e. The number of hydrogen-bond donors (Lipinski definition) is 1. The van der Waals surface area contributed by atoms with Gasteiger partial charge in [-0.3, -0.25) is 4.57 Å². The molecule has 3 aromatic rings. The first kappa shape index (κ1) is 25.3. The molecule has 1 N–H and O–H groups in total. The summed E-state index contributed by atoms with van der Waals surface area (Å²) in [5.41, 5.74) is 1.41. The number of ether oxygens (including phenoxy) is 3. The van der Waals surface area contributed by atoms with Gasteiger partial charge in [0.15, 0.2) is 0 Å². The van der Waals surface area contributed by atoms with E-state index in [0.717, 1.165) is 15.4 Å². The average Bonchev–Trinajstić information content (AvgIpc) is 3.14. The molecule has 0 fully saturated rings. The Morgan fingerprint density at radius 3 is 2.44 bits per heavy atom. The topological polar surface area (TPSA) is 95.9 Å². The van der Waals surface area contributed by atoms with Gasteiger partial charge in [-0.2, -0.15) is 0 Å². The van der Waals surface area contributed by atoms with E-state index in [1.165, 1.54) is 11.7 Å². The molecule has 180 valence electrons. The number of carbonyl (C=O) groups excluding carboxylic acids is 3. The second-order valence-corrected chi connectivity index (χ2v) is 9.57. The van der Waals surface area contributed by atoms with Crippen LogP contribution in [0.5, 0.6) is 0 Å². The number of fused-ring (bicyclic) bond motifs is 1. The van der Waals surface area contributed by atoms with Crippen LogP contribution in [-0.2, 0) is 32.0 Å². The standard InChI is InChI=1S/C25H27BrN2O6/c1-25(2,3)34-24(31)28-14-17(19-13-18(26)10-11-21(19)28)12-20(22(29)32-4)27-23(30)33-15-16-8-6-5-7-9-16/h5-11,13-14,20H,12,15H2,1-4H3,(H,27,30)/t20-/m0/s1. The molecule has 0 aliphatic rings. The van der Waals surface area contributed by atoms with Gasteiger partial charge in [0.25, 0.3) is 0 Å². The third-order valence-corrected chi connectivity index (χ3v) is 5.35. The number of carbonyl (C=O) groups is 3. The van der Waals surface area contributed by atoms with Crippen molar-refractivity contribution < 1.29 is 28.6 Å². The molecule has 2 aromatic carbocycles. The van der Waals surface area contributed by atoms with Crippen molar-refractivity contribution in [2.45, 2.75) is 45.4 Å². The summed E-state index contributed by atoms with van der Waals surface area (Å²) >= 11 is 3.45. The fraction of sp³-hybridized carbons (Fsp3) is 0.320. The maximum atomic E-state index is 12.8. The first-order valence-electron chi connectivity index (χ1n) is 10.7.